The molecule has 10 aliphatic rings. The summed E-state index contributed by atoms with van der Waals surface area (Å²) in [6.07, 6.45) is 6.43. The second-order valence-electron chi connectivity index (χ2n) is 17.6. The molecule has 10 aliphatic heterocycles. The quantitative estimate of drug-likeness (QED) is 0.410. The highest BCUT2D eigenvalue weighted by molar-refractivity contribution is 5.79. The van der Waals surface area contributed by atoms with Crippen LogP contribution in [-0.2, 0) is 42.7 Å². The Balaban J connectivity index is 0.986. The molecule has 0 aromatic carbocycles. The number of rotatable bonds is 3. The van der Waals surface area contributed by atoms with Gasteiger partial charge in [-0.25, -0.2) is 0 Å². The smallest absolute Gasteiger partial charge is 0.172 e. The summed E-state index contributed by atoms with van der Waals surface area (Å²) in [5.41, 5.74) is 8.06. The normalized spacial score (nSPS) is 53.2. The molecule has 1 spiro atoms. The van der Waals surface area contributed by atoms with E-state index >= 15 is 0 Å². The Labute approximate surface area is 302 Å². The molecule has 10 fully saturated rings. The van der Waals surface area contributed by atoms with Crippen LogP contribution in [0, 0.1) is 17.8 Å². The lowest BCUT2D eigenvalue weighted by Crippen LogP contribution is -2.61. The van der Waals surface area contributed by atoms with E-state index in [9.17, 15) is 9.90 Å². The maximum absolute atomic E-state index is 14.0. The summed E-state index contributed by atoms with van der Waals surface area (Å²) in [5, 5.41) is 10.5. The van der Waals surface area contributed by atoms with Gasteiger partial charge in [-0.1, -0.05) is 27.0 Å². The predicted octanol–water partition coefficient (Wildman–Crippen LogP) is 4.06. The number of carbonyl (C=O) groups excluding carboxylic acids is 1. The molecule has 0 saturated carbocycles. The second kappa shape index (κ2) is 13.8. The number of aliphatic hydroxyl groups excluding tert-OH is 1. The molecule has 10 rings (SSSR count). The van der Waals surface area contributed by atoms with Gasteiger partial charge >= 0.3 is 0 Å². The van der Waals surface area contributed by atoms with Gasteiger partial charge in [-0.3, -0.25) is 4.79 Å². The fourth-order valence-electron chi connectivity index (χ4n) is 11.3. The van der Waals surface area contributed by atoms with E-state index < -0.39 is 11.9 Å². The summed E-state index contributed by atoms with van der Waals surface area (Å²) in [4.78, 5) is 14.0. The molecule has 0 aromatic rings. The van der Waals surface area contributed by atoms with E-state index in [0.29, 0.717) is 44.4 Å². The van der Waals surface area contributed by atoms with Gasteiger partial charge < -0.3 is 48.7 Å². The zero-order valence-electron chi connectivity index (χ0n) is 30.4. The second-order valence-corrected chi connectivity index (χ2v) is 17.6. The predicted molar refractivity (Wildman–Crippen MR) is 185 cm³/mol. The molecular weight excluding hydrogens is 654 g/mol. The summed E-state index contributed by atoms with van der Waals surface area (Å²) in [6, 6.07) is 0. The van der Waals surface area contributed by atoms with Crippen molar-refractivity contribution in [2.45, 2.75) is 195 Å². The van der Waals surface area contributed by atoms with Crippen LogP contribution >= 0.6 is 0 Å². The molecule has 11 heteroatoms. The first-order chi connectivity index (χ1) is 24.6. The molecule has 0 aliphatic carbocycles. The lowest BCUT2D eigenvalue weighted by Gasteiger charge is -2.47. The number of aliphatic hydroxyl groups is 1. The standard InChI is InChI=1S/C40H59NO10/c1-19-11-25-5-7-29-20(2)12-27(44-29)9-10-40-17-34-36(50-40)37-38(49-34)39(51-40)35-30(48-37)8-6-26(46-35)13-23(42)14-28-22(4)31(15-24(43)18-41)47-33(28)16-32(45-25)21(19)3/h19,22,24-39,43H,2-3,5-18,41H2,1,4H3/t19-,22-,24+,25+,26?,27+,28?,29?,30+,31-,32-,33?,34?,35+,36+,37+,38-,39+,40?/m1/s1. The minimum absolute atomic E-state index is 0.00127. The first kappa shape index (κ1) is 35.5. The number of fused-ring (bicyclic) bond motifs is 6. The molecule has 284 valence electrons. The number of hydrogen-bond acceptors (Lipinski definition) is 11. The Morgan fingerprint density at radius 3 is 2.35 bits per heavy atom. The van der Waals surface area contributed by atoms with Crippen LogP contribution < -0.4 is 5.73 Å². The van der Waals surface area contributed by atoms with Gasteiger partial charge in [0.25, 0.3) is 0 Å². The number of ether oxygens (including phenoxy) is 8. The topological polar surface area (TPSA) is 137 Å². The van der Waals surface area contributed by atoms with Gasteiger partial charge in [-0.05, 0) is 73.8 Å². The van der Waals surface area contributed by atoms with Crippen LogP contribution in [0.3, 0.4) is 0 Å². The van der Waals surface area contributed by atoms with Crippen LogP contribution in [0.2, 0.25) is 0 Å². The van der Waals surface area contributed by atoms with Crippen molar-refractivity contribution in [1.29, 1.82) is 0 Å². The van der Waals surface area contributed by atoms with E-state index in [2.05, 4.69) is 27.0 Å². The Morgan fingerprint density at radius 1 is 0.765 bits per heavy atom. The van der Waals surface area contributed by atoms with E-state index in [1.165, 1.54) is 0 Å². The van der Waals surface area contributed by atoms with Crippen molar-refractivity contribution in [3.05, 3.63) is 24.3 Å². The fourth-order valence-corrected chi connectivity index (χ4v) is 11.3. The lowest BCUT2D eigenvalue weighted by atomic mass is 9.78. The zero-order valence-corrected chi connectivity index (χ0v) is 30.4. The highest BCUT2D eigenvalue weighted by Crippen LogP contribution is 2.54. The van der Waals surface area contributed by atoms with E-state index in [1.54, 1.807) is 0 Å². The lowest BCUT2D eigenvalue weighted by molar-refractivity contribution is -0.292. The number of hydrogen-bond donors (Lipinski definition) is 2. The van der Waals surface area contributed by atoms with Crippen molar-refractivity contribution < 1.29 is 47.8 Å². The highest BCUT2D eigenvalue weighted by Gasteiger charge is 2.68. The summed E-state index contributed by atoms with van der Waals surface area (Å²) in [6.45, 7) is 13.5. The van der Waals surface area contributed by atoms with Crippen LogP contribution in [0.4, 0.5) is 0 Å². The average molecular weight is 714 g/mol. The minimum atomic E-state index is -0.765. The summed E-state index contributed by atoms with van der Waals surface area (Å²) in [7, 11) is 0. The molecule has 0 radical (unpaired) electrons. The van der Waals surface area contributed by atoms with Crippen LogP contribution in [0.1, 0.15) is 97.3 Å². The van der Waals surface area contributed by atoms with Gasteiger partial charge in [-0.2, -0.15) is 0 Å². The first-order valence-corrected chi connectivity index (χ1v) is 20.1. The maximum atomic E-state index is 14.0. The van der Waals surface area contributed by atoms with Gasteiger partial charge in [0.05, 0.1) is 61.0 Å². The van der Waals surface area contributed by atoms with Gasteiger partial charge in [0.2, 0.25) is 0 Å². The van der Waals surface area contributed by atoms with Crippen molar-refractivity contribution in [2.75, 3.05) is 6.54 Å². The molecule has 6 unspecified atom stereocenters. The Morgan fingerprint density at radius 2 is 1.51 bits per heavy atom. The third kappa shape index (κ3) is 6.53. The van der Waals surface area contributed by atoms with Crippen LogP contribution in [0.5, 0.6) is 0 Å². The first-order valence-electron chi connectivity index (χ1n) is 20.1. The Bertz CT molecular complexity index is 1360. The van der Waals surface area contributed by atoms with Crippen LogP contribution in [0.25, 0.3) is 0 Å². The van der Waals surface area contributed by atoms with Gasteiger partial charge in [-0.15, -0.1) is 0 Å². The Kier molecular flexibility index (Phi) is 9.59. The molecular formula is C40H59NO10. The number of carbonyl (C=O) groups is 1. The molecule has 0 amide bonds. The molecule has 10 heterocycles. The SMILES string of the molecule is C=C1C[C@@H]2CCC34CC5O[C@H]6[C@@H](O3)[C@H]3OC(CC[C@@H]3O[C@H]6[C@H]5O4)CC(=O)CC3C(C[C@H]4O[C@@H](CCC1O2)C[C@@H](C)C4=C)O[C@H](C[C@H](O)CN)[C@@H]3C. The molecule has 10 saturated heterocycles. The van der Waals surface area contributed by atoms with E-state index in [-0.39, 0.29) is 110 Å². The molecule has 19 atom stereocenters. The number of nitrogens with two attached hydrogens (primary N) is 1. The van der Waals surface area contributed by atoms with Gasteiger partial charge in [0, 0.05) is 45.1 Å². The van der Waals surface area contributed by atoms with Crippen molar-refractivity contribution in [3.63, 3.8) is 0 Å². The van der Waals surface area contributed by atoms with E-state index in [1.807, 2.05) is 0 Å². The molecule has 51 heavy (non-hydrogen) atoms. The summed E-state index contributed by atoms with van der Waals surface area (Å²) in [5.74, 6) is -0.222. The maximum Gasteiger partial charge on any atom is 0.172 e. The number of Topliss-reactive ketones (excluding diaryl/α,β-unsaturated/α-hetero) is 1. The summed E-state index contributed by atoms with van der Waals surface area (Å²) < 4.78 is 54.0. The third-order valence-electron chi connectivity index (χ3n) is 14.2. The highest BCUT2D eigenvalue weighted by atomic mass is 16.8. The molecule has 0 aromatic heterocycles. The molecule has 11 nitrogen and oxygen atoms in total. The third-order valence-corrected chi connectivity index (χ3v) is 14.2. The van der Waals surface area contributed by atoms with Crippen LogP contribution in [-0.4, -0.2) is 115 Å². The molecule has 3 N–H and O–H groups in total. The van der Waals surface area contributed by atoms with Gasteiger partial charge in [0.15, 0.2) is 5.79 Å². The monoisotopic (exact) mass is 713 g/mol. The zero-order chi connectivity index (χ0) is 35.2. The minimum Gasteiger partial charge on any atom is -0.392 e. The largest absolute Gasteiger partial charge is 0.392 e. The van der Waals surface area contributed by atoms with E-state index in [4.69, 9.17) is 43.6 Å². The van der Waals surface area contributed by atoms with Crippen molar-refractivity contribution >= 4 is 5.78 Å². The van der Waals surface area contributed by atoms with Crippen molar-refractivity contribution in [2.24, 2.45) is 23.5 Å². The average Bonchev–Trinajstić information content (AvgIpc) is 3.77. The Hall–Kier alpha value is -1.25. The van der Waals surface area contributed by atoms with E-state index in [0.717, 1.165) is 56.1 Å². The fraction of sp³-hybridized carbons (Fsp3) is 0.875. The number of ketones is 1. The molecule has 12 bridgehead atoms. The van der Waals surface area contributed by atoms with Crippen LogP contribution in [0.15, 0.2) is 24.3 Å². The summed E-state index contributed by atoms with van der Waals surface area (Å²) >= 11 is 0. The van der Waals surface area contributed by atoms with Crippen molar-refractivity contribution in [1.82, 2.24) is 0 Å². The van der Waals surface area contributed by atoms with Gasteiger partial charge in [0.1, 0.15) is 36.3 Å². The van der Waals surface area contributed by atoms with Crippen molar-refractivity contribution in [3.8, 4) is 0 Å².